The number of hydrogen-bond acceptors (Lipinski definition) is 4. The Bertz CT molecular complexity index is 933. The third-order valence-electron chi connectivity index (χ3n) is 4.44. The maximum atomic E-state index is 12.9. The molecule has 2 amide bonds. The molecule has 6 heteroatoms. The predicted molar refractivity (Wildman–Crippen MR) is 105 cm³/mol. The summed E-state index contributed by atoms with van der Waals surface area (Å²) in [5.74, 6) is 0.0522. The second-order valence-corrected chi connectivity index (χ2v) is 6.40. The van der Waals surface area contributed by atoms with Crippen LogP contribution in [0.4, 0.5) is 0 Å². The van der Waals surface area contributed by atoms with Crippen molar-refractivity contribution in [2.45, 2.75) is 18.9 Å². The van der Waals surface area contributed by atoms with Gasteiger partial charge in [0.25, 0.3) is 5.91 Å². The van der Waals surface area contributed by atoms with Crippen LogP contribution in [0, 0.1) is 0 Å². The van der Waals surface area contributed by atoms with Crippen LogP contribution < -0.4 is 10.6 Å². The summed E-state index contributed by atoms with van der Waals surface area (Å²) in [6, 6.07) is 19.6. The lowest BCUT2D eigenvalue weighted by Crippen LogP contribution is -2.30. The first-order valence-electron chi connectivity index (χ1n) is 8.98. The minimum Gasteiger partial charge on any atom is -0.508 e. The number of nitrogens with one attached hydrogen (secondary N) is 2. The fourth-order valence-electron chi connectivity index (χ4n) is 2.93. The highest BCUT2D eigenvalue weighted by Gasteiger charge is 2.21. The van der Waals surface area contributed by atoms with Crippen LogP contribution in [-0.4, -0.2) is 24.0 Å². The van der Waals surface area contributed by atoms with Gasteiger partial charge in [0, 0.05) is 7.05 Å². The zero-order valence-corrected chi connectivity index (χ0v) is 15.5. The minimum absolute atomic E-state index is 0.142. The molecule has 1 aromatic heterocycles. The van der Waals surface area contributed by atoms with Crippen molar-refractivity contribution in [1.29, 1.82) is 0 Å². The molecular weight excluding hydrogens is 356 g/mol. The number of benzene rings is 2. The van der Waals surface area contributed by atoms with Crippen molar-refractivity contribution >= 4 is 11.8 Å². The molecule has 1 atom stereocenters. The van der Waals surface area contributed by atoms with Crippen LogP contribution in [0.5, 0.6) is 5.75 Å². The first kappa shape index (κ1) is 19.2. The highest BCUT2D eigenvalue weighted by Crippen LogP contribution is 2.23. The molecule has 3 N–H and O–H groups in total. The topological polar surface area (TPSA) is 91.6 Å². The van der Waals surface area contributed by atoms with E-state index in [2.05, 4.69) is 10.6 Å². The minimum atomic E-state index is -0.390. The van der Waals surface area contributed by atoms with E-state index >= 15 is 0 Å². The Balaban J connectivity index is 1.72. The molecule has 0 saturated carbocycles. The molecule has 1 heterocycles. The SMILES string of the molecule is CNC(=O)c1ccc(CNC(=O)C(Cc2ccc(O)cc2)c2ccccc2)o1. The van der Waals surface area contributed by atoms with E-state index in [1.54, 1.807) is 36.4 Å². The first-order valence-corrected chi connectivity index (χ1v) is 8.98. The van der Waals surface area contributed by atoms with Crippen molar-refractivity contribution in [3.05, 3.63) is 89.4 Å². The van der Waals surface area contributed by atoms with Crippen molar-refractivity contribution in [2.75, 3.05) is 7.05 Å². The smallest absolute Gasteiger partial charge is 0.286 e. The fourth-order valence-corrected chi connectivity index (χ4v) is 2.93. The number of phenolic OH excluding ortho intramolecular Hbond substituents is 1. The Kier molecular flexibility index (Phi) is 6.11. The van der Waals surface area contributed by atoms with Crippen molar-refractivity contribution in [3.8, 4) is 5.75 Å². The molecule has 3 aromatic rings. The molecule has 0 aliphatic rings. The van der Waals surface area contributed by atoms with Gasteiger partial charge in [-0.15, -0.1) is 0 Å². The van der Waals surface area contributed by atoms with Gasteiger partial charge in [0.15, 0.2) is 5.76 Å². The van der Waals surface area contributed by atoms with E-state index < -0.39 is 0 Å². The maximum Gasteiger partial charge on any atom is 0.286 e. The maximum absolute atomic E-state index is 12.9. The van der Waals surface area contributed by atoms with Gasteiger partial charge in [0.05, 0.1) is 12.5 Å². The van der Waals surface area contributed by atoms with E-state index in [0.717, 1.165) is 11.1 Å². The summed E-state index contributed by atoms with van der Waals surface area (Å²) in [5, 5.41) is 14.8. The highest BCUT2D eigenvalue weighted by molar-refractivity contribution is 5.91. The summed E-state index contributed by atoms with van der Waals surface area (Å²) < 4.78 is 5.45. The normalized spacial score (nSPS) is 11.6. The largest absolute Gasteiger partial charge is 0.508 e. The number of furan rings is 1. The number of carbonyl (C=O) groups is 2. The van der Waals surface area contributed by atoms with E-state index in [1.807, 2.05) is 30.3 Å². The Morgan fingerprint density at radius 1 is 1.00 bits per heavy atom. The molecule has 2 aromatic carbocycles. The lowest BCUT2D eigenvalue weighted by Gasteiger charge is -2.17. The Morgan fingerprint density at radius 3 is 2.39 bits per heavy atom. The van der Waals surface area contributed by atoms with E-state index in [9.17, 15) is 14.7 Å². The molecule has 28 heavy (non-hydrogen) atoms. The fraction of sp³-hybridized carbons (Fsp3) is 0.182. The summed E-state index contributed by atoms with van der Waals surface area (Å²) in [5.41, 5.74) is 1.85. The van der Waals surface area contributed by atoms with Gasteiger partial charge in [-0.1, -0.05) is 42.5 Å². The van der Waals surface area contributed by atoms with Crippen LogP contribution in [0.3, 0.4) is 0 Å². The third kappa shape index (κ3) is 4.79. The molecule has 144 valence electrons. The van der Waals surface area contributed by atoms with Crippen molar-refractivity contribution in [2.24, 2.45) is 0 Å². The first-order chi connectivity index (χ1) is 13.6. The molecular formula is C22H22N2O4. The van der Waals surface area contributed by atoms with Gasteiger partial charge in [0.1, 0.15) is 11.5 Å². The van der Waals surface area contributed by atoms with Crippen LogP contribution in [-0.2, 0) is 17.8 Å². The Morgan fingerprint density at radius 2 is 1.71 bits per heavy atom. The summed E-state index contributed by atoms with van der Waals surface area (Å²) in [4.78, 5) is 24.5. The molecule has 3 rings (SSSR count). The van der Waals surface area contributed by atoms with Gasteiger partial charge < -0.3 is 20.2 Å². The van der Waals surface area contributed by atoms with Crippen LogP contribution in [0.2, 0.25) is 0 Å². The number of amides is 2. The Labute approximate surface area is 163 Å². The zero-order valence-electron chi connectivity index (χ0n) is 15.5. The van der Waals surface area contributed by atoms with Gasteiger partial charge >= 0.3 is 0 Å². The number of aromatic hydroxyl groups is 1. The molecule has 6 nitrogen and oxygen atoms in total. The van der Waals surface area contributed by atoms with Crippen LogP contribution in [0.25, 0.3) is 0 Å². The summed E-state index contributed by atoms with van der Waals surface area (Å²) in [6.07, 6.45) is 0.498. The average molecular weight is 378 g/mol. The second-order valence-electron chi connectivity index (χ2n) is 6.40. The molecule has 0 bridgehead atoms. The molecule has 0 fully saturated rings. The lowest BCUT2D eigenvalue weighted by molar-refractivity contribution is -0.122. The third-order valence-corrected chi connectivity index (χ3v) is 4.44. The van der Waals surface area contributed by atoms with Gasteiger partial charge in [-0.3, -0.25) is 9.59 Å². The Hall–Kier alpha value is -3.54. The number of rotatable bonds is 7. The number of phenols is 1. The van der Waals surface area contributed by atoms with Crippen molar-refractivity contribution < 1.29 is 19.1 Å². The van der Waals surface area contributed by atoms with E-state index in [4.69, 9.17) is 4.42 Å². The van der Waals surface area contributed by atoms with Crippen molar-refractivity contribution in [3.63, 3.8) is 0 Å². The second kappa shape index (κ2) is 8.90. The van der Waals surface area contributed by atoms with Gasteiger partial charge in [0.2, 0.25) is 5.91 Å². The molecule has 0 spiro atoms. The molecule has 1 unspecified atom stereocenters. The summed E-state index contributed by atoms with van der Waals surface area (Å²) >= 11 is 0. The van der Waals surface area contributed by atoms with Gasteiger partial charge in [-0.2, -0.15) is 0 Å². The van der Waals surface area contributed by atoms with E-state index in [0.29, 0.717) is 12.2 Å². The highest BCUT2D eigenvalue weighted by atomic mass is 16.4. The summed E-state index contributed by atoms with van der Waals surface area (Å²) in [6.45, 7) is 0.189. The molecule has 0 saturated heterocycles. The van der Waals surface area contributed by atoms with Crippen LogP contribution in [0.15, 0.2) is 71.1 Å². The molecule has 0 aliphatic heterocycles. The van der Waals surface area contributed by atoms with Crippen LogP contribution >= 0.6 is 0 Å². The molecule has 0 aliphatic carbocycles. The summed E-state index contributed by atoms with van der Waals surface area (Å²) in [7, 11) is 1.53. The van der Waals surface area contributed by atoms with E-state index in [-0.39, 0.29) is 35.8 Å². The monoisotopic (exact) mass is 378 g/mol. The van der Waals surface area contributed by atoms with Gasteiger partial charge in [-0.05, 0) is 41.8 Å². The lowest BCUT2D eigenvalue weighted by atomic mass is 9.91. The predicted octanol–water partition coefficient (Wildman–Crippen LogP) is 2.99. The van der Waals surface area contributed by atoms with E-state index in [1.165, 1.54) is 7.05 Å². The number of hydrogen-bond donors (Lipinski definition) is 3. The van der Waals surface area contributed by atoms with Crippen LogP contribution in [0.1, 0.15) is 33.4 Å². The standard InChI is InChI=1S/C22H22N2O4/c1-23-22(27)20-12-11-18(28-20)14-24-21(26)19(16-5-3-2-4-6-16)13-15-7-9-17(25)10-8-15/h2-12,19,25H,13-14H2,1H3,(H,23,27)(H,24,26). The van der Waals surface area contributed by atoms with Gasteiger partial charge in [-0.25, -0.2) is 0 Å². The molecule has 0 radical (unpaired) electrons. The average Bonchev–Trinajstić information content (AvgIpc) is 3.21. The van der Waals surface area contributed by atoms with Crippen molar-refractivity contribution in [1.82, 2.24) is 10.6 Å². The number of carbonyl (C=O) groups excluding carboxylic acids is 2. The zero-order chi connectivity index (χ0) is 19.9. The quantitative estimate of drug-likeness (QED) is 0.589.